The van der Waals surface area contributed by atoms with Gasteiger partial charge in [-0.1, -0.05) is 0 Å². The Bertz CT molecular complexity index is 526. The Morgan fingerprint density at radius 1 is 1.12 bits per heavy atom. The van der Waals surface area contributed by atoms with Crippen LogP contribution in [0.1, 0.15) is 18.9 Å². The van der Waals surface area contributed by atoms with Gasteiger partial charge in [0.25, 0.3) is 0 Å². The minimum absolute atomic E-state index is 0.690. The van der Waals surface area contributed by atoms with Crippen LogP contribution in [-0.4, -0.2) is 18.8 Å². The average molecular weight is 217 g/mol. The van der Waals surface area contributed by atoms with Crippen molar-refractivity contribution in [1.29, 1.82) is 0 Å². The van der Waals surface area contributed by atoms with Gasteiger partial charge in [0.2, 0.25) is 0 Å². The predicted molar refractivity (Wildman–Crippen MR) is 63.3 cm³/mol. The first-order chi connectivity index (χ1) is 7.83. The van der Waals surface area contributed by atoms with E-state index < -0.39 is 0 Å². The molecule has 1 aliphatic carbocycles. The second kappa shape index (κ2) is 3.44. The molecule has 1 fully saturated rings. The molecule has 0 unspecified atom stereocenters. The SMILES string of the molecule is COc1cc2ccn(C3CC3)c2cc1OC. The fourth-order valence-corrected chi connectivity index (χ4v) is 2.15. The summed E-state index contributed by atoms with van der Waals surface area (Å²) in [5.41, 5.74) is 1.24. The van der Waals surface area contributed by atoms with Crippen molar-refractivity contribution in [3.05, 3.63) is 24.4 Å². The lowest BCUT2D eigenvalue weighted by Crippen LogP contribution is -1.93. The number of nitrogens with zero attached hydrogens (tertiary/aromatic N) is 1. The number of rotatable bonds is 3. The van der Waals surface area contributed by atoms with Crippen molar-refractivity contribution in [2.24, 2.45) is 0 Å². The van der Waals surface area contributed by atoms with Crippen LogP contribution in [0.4, 0.5) is 0 Å². The van der Waals surface area contributed by atoms with Crippen LogP contribution in [0, 0.1) is 0 Å². The average Bonchev–Trinajstić information content (AvgIpc) is 3.08. The number of hydrogen-bond donors (Lipinski definition) is 0. The van der Waals surface area contributed by atoms with Crippen LogP contribution in [0.2, 0.25) is 0 Å². The van der Waals surface area contributed by atoms with Gasteiger partial charge in [-0.05, 0) is 25.0 Å². The van der Waals surface area contributed by atoms with E-state index in [0.717, 1.165) is 11.5 Å². The third kappa shape index (κ3) is 1.35. The van der Waals surface area contributed by atoms with Crippen LogP contribution < -0.4 is 9.47 Å². The van der Waals surface area contributed by atoms with Crippen molar-refractivity contribution in [1.82, 2.24) is 4.57 Å². The van der Waals surface area contributed by atoms with Crippen LogP contribution in [0.5, 0.6) is 11.5 Å². The smallest absolute Gasteiger partial charge is 0.162 e. The molecule has 3 rings (SSSR count). The summed E-state index contributed by atoms with van der Waals surface area (Å²) in [5, 5.41) is 1.21. The Kier molecular flexibility index (Phi) is 2.06. The van der Waals surface area contributed by atoms with E-state index in [-0.39, 0.29) is 0 Å². The first-order valence-corrected chi connectivity index (χ1v) is 5.56. The normalized spacial score (nSPS) is 15.4. The summed E-state index contributed by atoms with van der Waals surface area (Å²) in [6.07, 6.45) is 4.73. The van der Waals surface area contributed by atoms with Gasteiger partial charge in [0, 0.05) is 23.7 Å². The van der Waals surface area contributed by atoms with Crippen LogP contribution in [-0.2, 0) is 0 Å². The van der Waals surface area contributed by atoms with Gasteiger partial charge in [0.05, 0.1) is 19.7 Å². The lowest BCUT2D eigenvalue weighted by Gasteiger charge is -2.09. The summed E-state index contributed by atoms with van der Waals surface area (Å²) in [7, 11) is 3.34. The molecule has 0 N–H and O–H groups in total. The standard InChI is InChI=1S/C13H15NO2/c1-15-12-7-9-5-6-14(10-3-4-10)11(9)8-13(12)16-2/h5-8,10H,3-4H2,1-2H3. The molecule has 0 amide bonds. The molecule has 2 aromatic rings. The predicted octanol–water partition coefficient (Wildman–Crippen LogP) is 2.99. The third-order valence-electron chi connectivity index (χ3n) is 3.17. The van der Waals surface area contributed by atoms with Crippen LogP contribution in [0.3, 0.4) is 0 Å². The molecule has 1 aromatic carbocycles. The molecule has 1 aromatic heterocycles. The number of methoxy groups -OCH3 is 2. The first-order valence-electron chi connectivity index (χ1n) is 5.56. The van der Waals surface area contributed by atoms with E-state index >= 15 is 0 Å². The molecular formula is C13H15NO2. The van der Waals surface area contributed by atoms with Gasteiger partial charge in [-0.2, -0.15) is 0 Å². The van der Waals surface area contributed by atoms with E-state index in [4.69, 9.17) is 9.47 Å². The lowest BCUT2D eigenvalue weighted by atomic mass is 10.2. The molecule has 0 saturated heterocycles. The van der Waals surface area contributed by atoms with E-state index in [2.05, 4.69) is 22.9 Å². The molecule has 16 heavy (non-hydrogen) atoms. The van der Waals surface area contributed by atoms with Crippen LogP contribution in [0.25, 0.3) is 10.9 Å². The first kappa shape index (κ1) is 9.58. The third-order valence-corrected chi connectivity index (χ3v) is 3.17. The Balaban J connectivity index is 2.20. The second-order valence-electron chi connectivity index (χ2n) is 4.22. The molecule has 84 valence electrons. The number of aromatic nitrogens is 1. The monoisotopic (exact) mass is 217 g/mol. The van der Waals surface area contributed by atoms with Gasteiger partial charge >= 0.3 is 0 Å². The van der Waals surface area contributed by atoms with Crippen molar-refractivity contribution in [2.75, 3.05) is 14.2 Å². The van der Waals surface area contributed by atoms with Crippen molar-refractivity contribution in [3.8, 4) is 11.5 Å². The van der Waals surface area contributed by atoms with Gasteiger partial charge in [0.1, 0.15) is 0 Å². The fourth-order valence-electron chi connectivity index (χ4n) is 2.15. The van der Waals surface area contributed by atoms with E-state index in [1.165, 1.54) is 23.7 Å². The summed E-state index contributed by atoms with van der Waals surface area (Å²) < 4.78 is 13.0. The van der Waals surface area contributed by atoms with Crippen molar-refractivity contribution in [2.45, 2.75) is 18.9 Å². The molecule has 0 spiro atoms. The molecule has 3 nitrogen and oxygen atoms in total. The van der Waals surface area contributed by atoms with Gasteiger partial charge < -0.3 is 14.0 Å². The highest BCUT2D eigenvalue weighted by atomic mass is 16.5. The number of benzene rings is 1. The second-order valence-corrected chi connectivity index (χ2v) is 4.22. The zero-order chi connectivity index (χ0) is 11.1. The molecule has 0 aliphatic heterocycles. The quantitative estimate of drug-likeness (QED) is 0.789. The topological polar surface area (TPSA) is 23.4 Å². The highest BCUT2D eigenvalue weighted by Crippen LogP contribution is 2.40. The van der Waals surface area contributed by atoms with Gasteiger partial charge in [-0.25, -0.2) is 0 Å². The Morgan fingerprint density at radius 3 is 2.44 bits per heavy atom. The molecule has 1 aliphatic rings. The Labute approximate surface area is 94.6 Å². The van der Waals surface area contributed by atoms with E-state index in [9.17, 15) is 0 Å². The maximum absolute atomic E-state index is 5.33. The van der Waals surface area contributed by atoms with Crippen LogP contribution >= 0.6 is 0 Å². The maximum Gasteiger partial charge on any atom is 0.162 e. The zero-order valence-electron chi connectivity index (χ0n) is 9.56. The molecule has 1 heterocycles. The highest BCUT2D eigenvalue weighted by molar-refractivity contribution is 5.84. The molecular weight excluding hydrogens is 202 g/mol. The number of ether oxygens (including phenoxy) is 2. The van der Waals surface area contributed by atoms with E-state index in [1.54, 1.807) is 14.2 Å². The summed E-state index contributed by atoms with van der Waals surface area (Å²) in [6.45, 7) is 0. The Morgan fingerprint density at radius 2 is 1.81 bits per heavy atom. The number of hydrogen-bond acceptors (Lipinski definition) is 2. The number of fused-ring (bicyclic) bond motifs is 1. The van der Waals surface area contributed by atoms with Crippen molar-refractivity contribution in [3.63, 3.8) is 0 Å². The van der Waals surface area contributed by atoms with Gasteiger partial charge in [-0.3, -0.25) is 0 Å². The zero-order valence-corrected chi connectivity index (χ0v) is 9.56. The lowest BCUT2D eigenvalue weighted by molar-refractivity contribution is 0.355. The summed E-state index contributed by atoms with van der Waals surface area (Å²) in [4.78, 5) is 0. The van der Waals surface area contributed by atoms with E-state index in [1.807, 2.05) is 6.07 Å². The molecule has 0 bridgehead atoms. The summed E-state index contributed by atoms with van der Waals surface area (Å²) >= 11 is 0. The Hall–Kier alpha value is -1.64. The minimum Gasteiger partial charge on any atom is -0.493 e. The maximum atomic E-state index is 5.33. The molecule has 0 radical (unpaired) electrons. The van der Waals surface area contributed by atoms with E-state index in [0.29, 0.717) is 6.04 Å². The van der Waals surface area contributed by atoms with Crippen molar-refractivity contribution >= 4 is 10.9 Å². The molecule has 3 heteroatoms. The highest BCUT2D eigenvalue weighted by Gasteiger charge is 2.24. The largest absolute Gasteiger partial charge is 0.493 e. The summed E-state index contributed by atoms with van der Waals surface area (Å²) in [5.74, 6) is 1.60. The molecule has 0 atom stereocenters. The van der Waals surface area contributed by atoms with Crippen molar-refractivity contribution < 1.29 is 9.47 Å². The molecule has 1 saturated carbocycles. The van der Waals surface area contributed by atoms with Gasteiger partial charge in [0.15, 0.2) is 11.5 Å². The fraction of sp³-hybridized carbons (Fsp3) is 0.385. The van der Waals surface area contributed by atoms with Crippen LogP contribution in [0.15, 0.2) is 24.4 Å². The summed E-state index contributed by atoms with van der Waals surface area (Å²) in [6, 6.07) is 6.92. The van der Waals surface area contributed by atoms with Gasteiger partial charge in [-0.15, -0.1) is 0 Å². The minimum atomic E-state index is 0.690.